The summed E-state index contributed by atoms with van der Waals surface area (Å²) in [5.41, 5.74) is 1.15. The van der Waals surface area contributed by atoms with Gasteiger partial charge in [-0.15, -0.1) is 0 Å². The number of benzene rings is 1. The van der Waals surface area contributed by atoms with E-state index in [9.17, 15) is 14.4 Å². The van der Waals surface area contributed by atoms with Gasteiger partial charge < -0.3 is 15.3 Å². The van der Waals surface area contributed by atoms with E-state index >= 15 is 0 Å². The van der Waals surface area contributed by atoms with Gasteiger partial charge in [-0.2, -0.15) is 0 Å². The number of carboxylic acid groups (broad SMARTS) is 1. The van der Waals surface area contributed by atoms with Crippen molar-refractivity contribution in [2.24, 2.45) is 0 Å². The fourth-order valence-electron chi connectivity index (χ4n) is 2.51. The Kier molecular flexibility index (Phi) is 8.63. The van der Waals surface area contributed by atoms with Gasteiger partial charge in [-0.25, -0.2) is 0 Å². The summed E-state index contributed by atoms with van der Waals surface area (Å²) in [4.78, 5) is 38.4. The Balaban J connectivity index is 2.66. The Labute approximate surface area is 148 Å². The average Bonchev–Trinajstić information content (AvgIpc) is 2.56. The van der Waals surface area contributed by atoms with Gasteiger partial charge in [-0.3, -0.25) is 19.3 Å². The molecule has 1 aromatic carbocycles. The second kappa shape index (κ2) is 10.5. The summed E-state index contributed by atoms with van der Waals surface area (Å²) in [5, 5.41) is 11.6. The Bertz CT molecular complexity index is 582. The Morgan fingerprint density at radius 1 is 1.00 bits per heavy atom. The zero-order valence-corrected chi connectivity index (χ0v) is 15.1. The van der Waals surface area contributed by atoms with E-state index in [0.717, 1.165) is 6.42 Å². The molecule has 1 rings (SSSR count). The number of hydrogen-bond donors (Lipinski definition) is 2. The third kappa shape index (κ3) is 6.93. The molecule has 2 N–H and O–H groups in total. The van der Waals surface area contributed by atoms with Crippen molar-refractivity contribution >= 4 is 23.5 Å². The Morgan fingerprint density at radius 3 is 2.08 bits per heavy atom. The third-order valence-corrected chi connectivity index (χ3v) is 3.73. The molecule has 0 radical (unpaired) electrons. The molecule has 0 atom stereocenters. The molecule has 7 nitrogen and oxygen atoms in total. The van der Waals surface area contributed by atoms with Crippen LogP contribution in [-0.4, -0.2) is 65.4 Å². The van der Waals surface area contributed by atoms with Gasteiger partial charge in [0.15, 0.2) is 0 Å². The second-order valence-corrected chi connectivity index (χ2v) is 5.71. The largest absolute Gasteiger partial charge is 0.480 e. The maximum Gasteiger partial charge on any atom is 0.317 e. The number of amides is 2. The van der Waals surface area contributed by atoms with Crippen LogP contribution in [0.4, 0.5) is 5.69 Å². The summed E-state index contributed by atoms with van der Waals surface area (Å²) in [5.74, 6) is -1.28. The fourth-order valence-corrected chi connectivity index (χ4v) is 2.51. The molecule has 0 saturated heterocycles. The average molecular weight is 349 g/mol. The summed E-state index contributed by atoms with van der Waals surface area (Å²) < 4.78 is 0. The molecule has 0 unspecified atom stereocenters. The summed E-state index contributed by atoms with van der Waals surface area (Å²) in [6.07, 6.45) is 0.767. The molecule has 2 amide bonds. The van der Waals surface area contributed by atoms with Gasteiger partial charge in [-0.05, 0) is 51.1 Å². The normalized spacial score (nSPS) is 10.6. The van der Waals surface area contributed by atoms with Gasteiger partial charge in [0.05, 0.1) is 13.1 Å². The highest BCUT2D eigenvalue weighted by atomic mass is 16.4. The summed E-state index contributed by atoms with van der Waals surface area (Å²) in [6, 6.07) is 6.71. The highest BCUT2D eigenvalue weighted by molar-refractivity contribution is 5.96. The molecule has 0 heterocycles. The van der Waals surface area contributed by atoms with E-state index < -0.39 is 5.97 Å². The molecule has 7 heteroatoms. The van der Waals surface area contributed by atoms with E-state index in [-0.39, 0.29) is 24.9 Å². The van der Waals surface area contributed by atoms with Crippen LogP contribution in [0.15, 0.2) is 24.3 Å². The molecule has 0 fully saturated rings. The van der Waals surface area contributed by atoms with Crippen molar-refractivity contribution in [2.45, 2.75) is 27.2 Å². The molecule has 0 saturated carbocycles. The van der Waals surface area contributed by atoms with Gasteiger partial charge in [0, 0.05) is 24.3 Å². The second-order valence-electron chi connectivity index (χ2n) is 5.71. The minimum absolute atomic E-state index is 0.0142. The molecule has 0 aliphatic carbocycles. The van der Waals surface area contributed by atoms with Crippen LogP contribution >= 0.6 is 0 Å². The predicted molar refractivity (Wildman–Crippen MR) is 96.7 cm³/mol. The molecule has 0 aliphatic heterocycles. The minimum Gasteiger partial charge on any atom is -0.480 e. The van der Waals surface area contributed by atoms with Crippen molar-refractivity contribution < 1.29 is 19.5 Å². The van der Waals surface area contributed by atoms with Crippen molar-refractivity contribution in [3.05, 3.63) is 29.8 Å². The lowest BCUT2D eigenvalue weighted by atomic mass is 10.1. The Hall–Kier alpha value is -2.41. The van der Waals surface area contributed by atoms with Gasteiger partial charge >= 0.3 is 5.97 Å². The first kappa shape index (κ1) is 20.6. The maximum absolute atomic E-state index is 12.2. The molecule has 138 valence electrons. The number of carboxylic acids is 1. The SMILES string of the molecule is CCCN(CC(=O)O)CC(=O)Nc1ccc(C(=O)N(CC)CC)cc1. The van der Waals surface area contributed by atoms with Crippen LogP contribution in [0.3, 0.4) is 0 Å². The number of rotatable bonds is 10. The maximum atomic E-state index is 12.2. The minimum atomic E-state index is -0.958. The zero-order valence-electron chi connectivity index (χ0n) is 15.1. The van der Waals surface area contributed by atoms with E-state index in [1.807, 2.05) is 20.8 Å². The van der Waals surface area contributed by atoms with Crippen LogP contribution in [0.2, 0.25) is 0 Å². The number of carbonyl (C=O) groups is 3. The molecular formula is C18H27N3O4. The highest BCUT2D eigenvalue weighted by Gasteiger charge is 2.15. The van der Waals surface area contributed by atoms with Crippen molar-refractivity contribution in [1.29, 1.82) is 0 Å². The van der Waals surface area contributed by atoms with Crippen molar-refractivity contribution in [2.75, 3.05) is 38.0 Å². The topological polar surface area (TPSA) is 90.0 Å². The van der Waals surface area contributed by atoms with Crippen LogP contribution in [0.25, 0.3) is 0 Å². The monoisotopic (exact) mass is 349 g/mol. The zero-order chi connectivity index (χ0) is 18.8. The number of aliphatic carboxylic acids is 1. The van der Waals surface area contributed by atoms with E-state index in [2.05, 4.69) is 5.32 Å². The first-order valence-electron chi connectivity index (χ1n) is 8.54. The van der Waals surface area contributed by atoms with E-state index in [1.54, 1.807) is 34.1 Å². The third-order valence-electron chi connectivity index (χ3n) is 3.73. The molecule has 0 spiro atoms. The van der Waals surface area contributed by atoms with E-state index in [1.165, 1.54) is 0 Å². The number of carbonyl (C=O) groups excluding carboxylic acids is 2. The molecule has 25 heavy (non-hydrogen) atoms. The quantitative estimate of drug-likeness (QED) is 0.673. The predicted octanol–water partition coefficient (Wildman–Crippen LogP) is 1.90. The van der Waals surface area contributed by atoms with Crippen LogP contribution in [-0.2, 0) is 9.59 Å². The van der Waals surface area contributed by atoms with Gasteiger partial charge in [-0.1, -0.05) is 6.92 Å². The first-order chi connectivity index (χ1) is 11.9. The van der Waals surface area contributed by atoms with Crippen molar-refractivity contribution in [3.63, 3.8) is 0 Å². The lowest BCUT2D eigenvalue weighted by Crippen LogP contribution is -2.37. The van der Waals surface area contributed by atoms with Crippen LogP contribution in [0, 0.1) is 0 Å². The van der Waals surface area contributed by atoms with Crippen LogP contribution in [0.5, 0.6) is 0 Å². The number of anilines is 1. The molecule has 1 aromatic rings. The van der Waals surface area contributed by atoms with Crippen molar-refractivity contribution in [3.8, 4) is 0 Å². The number of nitrogens with zero attached hydrogens (tertiary/aromatic N) is 2. The van der Waals surface area contributed by atoms with Gasteiger partial charge in [0.25, 0.3) is 5.91 Å². The summed E-state index contributed by atoms with van der Waals surface area (Å²) in [7, 11) is 0. The molecular weight excluding hydrogens is 322 g/mol. The summed E-state index contributed by atoms with van der Waals surface area (Å²) in [6.45, 7) is 7.45. The molecule has 0 aromatic heterocycles. The molecule has 0 aliphatic rings. The lowest BCUT2D eigenvalue weighted by Gasteiger charge is -2.19. The standard InChI is InChI=1S/C18H27N3O4/c1-4-11-20(13-17(23)24)12-16(22)19-15-9-7-14(8-10-15)18(25)21(5-2)6-3/h7-10H,4-6,11-13H2,1-3H3,(H,19,22)(H,23,24). The van der Waals surface area contributed by atoms with Crippen molar-refractivity contribution in [1.82, 2.24) is 9.80 Å². The van der Waals surface area contributed by atoms with E-state index in [4.69, 9.17) is 5.11 Å². The fraction of sp³-hybridized carbons (Fsp3) is 0.500. The Morgan fingerprint density at radius 2 is 1.60 bits per heavy atom. The van der Waals surface area contributed by atoms with Gasteiger partial charge in [0.2, 0.25) is 5.91 Å². The van der Waals surface area contributed by atoms with E-state index in [0.29, 0.717) is 30.9 Å². The lowest BCUT2D eigenvalue weighted by molar-refractivity contribution is -0.138. The summed E-state index contributed by atoms with van der Waals surface area (Å²) >= 11 is 0. The van der Waals surface area contributed by atoms with Crippen LogP contribution < -0.4 is 5.32 Å². The van der Waals surface area contributed by atoms with Crippen LogP contribution in [0.1, 0.15) is 37.6 Å². The highest BCUT2D eigenvalue weighted by Crippen LogP contribution is 2.12. The number of hydrogen-bond acceptors (Lipinski definition) is 4. The molecule has 0 bridgehead atoms. The van der Waals surface area contributed by atoms with Gasteiger partial charge in [0.1, 0.15) is 0 Å². The number of nitrogens with one attached hydrogen (secondary N) is 1. The smallest absolute Gasteiger partial charge is 0.317 e. The first-order valence-corrected chi connectivity index (χ1v) is 8.54.